The van der Waals surface area contributed by atoms with Gasteiger partial charge in [0.15, 0.2) is 0 Å². The van der Waals surface area contributed by atoms with Gasteiger partial charge in [0.05, 0.1) is 5.75 Å². The second-order valence-electron chi connectivity index (χ2n) is 4.74. The van der Waals surface area contributed by atoms with Crippen LogP contribution >= 0.6 is 23.1 Å². The highest BCUT2D eigenvalue weighted by atomic mass is 32.2. The molecule has 1 saturated carbocycles. The van der Waals surface area contributed by atoms with Gasteiger partial charge in [0.2, 0.25) is 5.91 Å². The molecule has 0 unspecified atom stereocenters. The third-order valence-corrected chi connectivity index (χ3v) is 5.14. The summed E-state index contributed by atoms with van der Waals surface area (Å²) in [6.45, 7) is 0. The maximum Gasteiger partial charge on any atom is 0.345 e. The molecule has 0 aromatic carbocycles. The van der Waals surface area contributed by atoms with Crippen molar-refractivity contribution in [1.82, 2.24) is 10.6 Å². The van der Waals surface area contributed by atoms with Gasteiger partial charge in [0.1, 0.15) is 4.88 Å². The summed E-state index contributed by atoms with van der Waals surface area (Å²) in [6, 6.07) is 1.23. The van der Waals surface area contributed by atoms with E-state index in [1.165, 1.54) is 17.8 Å². The molecule has 0 atom stereocenters. The van der Waals surface area contributed by atoms with Crippen molar-refractivity contribution in [3.05, 3.63) is 16.3 Å². The normalized spacial score (nSPS) is 14.9. The average Bonchev–Trinajstić information content (AvgIpc) is 3.06. The highest BCUT2D eigenvalue weighted by Gasteiger charge is 2.18. The zero-order valence-electron chi connectivity index (χ0n) is 11.3. The number of carbonyl (C=O) groups excluding carboxylic acids is 2. The van der Waals surface area contributed by atoms with Gasteiger partial charge in [-0.1, -0.05) is 12.8 Å². The summed E-state index contributed by atoms with van der Waals surface area (Å²) in [5.74, 6) is -1.29. The van der Waals surface area contributed by atoms with Gasteiger partial charge in [-0.3, -0.25) is 10.1 Å². The summed E-state index contributed by atoms with van der Waals surface area (Å²) in [5, 5.41) is 15.5. The molecule has 0 saturated heterocycles. The van der Waals surface area contributed by atoms with E-state index >= 15 is 0 Å². The Kier molecular flexibility index (Phi) is 5.63. The molecule has 21 heavy (non-hydrogen) atoms. The maximum atomic E-state index is 11.6. The highest BCUT2D eigenvalue weighted by Crippen LogP contribution is 2.24. The van der Waals surface area contributed by atoms with E-state index in [0.29, 0.717) is 4.90 Å². The summed E-state index contributed by atoms with van der Waals surface area (Å²) in [4.78, 5) is 34.9. The Morgan fingerprint density at radius 1 is 1.33 bits per heavy atom. The fraction of sp³-hybridized carbons (Fsp3) is 0.462. The maximum absolute atomic E-state index is 11.6. The summed E-state index contributed by atoms with van der Waals surface area (Å²) < 4.78 is 0. The third-order valence-electron chi connectivity index (χ3n) is 3.10. The molecule has 1 aromatic heterocycles. The molecule has 3 N–H and O–H groups in total. The summed E-state index contributed by atoms with van der Waals surface area (Å²) in [7, 11) is 0. The van der Waals surface area contributed by atoms with Crippen LogP contribution in [-0.4, -0.2) is 34.8 Å². The fourth-order valence-corrected chi connectivity index (χ4v) is 3.78. The van der Waals surface area contributed by atoms with Gasteiger partial charge in [-0.05, 0) is 18.9 Å². The number of hydrogen-bond acceptors (Lipinski definition) is 5. The minimum Gasteiger partial charge on any atom is -0.477 e. The summed E-state index contributed by atoms with van der Waals surface area (Å²) in [5.41, 5.74) is 0. The van der Waals surface area contributed by atoms with Crippen molar-refractivity contribution in [2.45, 2.75) is 36.6 Å². The number of carbonyl (C=O) groups is 3. The predicted octanol–water partition coefficient (Wildman–Crippen LogP) is 2.31. The van der Waals surface area contributed by atoms with Crippen LogP contribution in [0, 0.1) is 0 Å². The van der Waals surface area contributed by atoms with E-state index in [1.54, 1.807) is 5.38 Å². The molecule has 1 fully saturated rings. The monoisotopic (exact) mass is 328 g/mol. The predicted molar refractivity (Wildman–Crippen MR) is 80.9 cm³/mol. The first-order valence-corrected chi connectivity index (χ1v) is 8.46. The van der Waals surface area contributed by atoms with E-state index < -0.39 is 17.9 Å². The molecule has 6 nitrogen and oxygen atoms in total. The Morgan fingerprint density at radius 3 is 2.67 bits per heavy atom. The largest absolute Gasteiger partial charge is 0.477 e. The SMILES string of the molecule is O=C(CSc1csc(C(=O)O)c1)NC(=O)NC1CCCC1. The lowest BCUT2D eigenvalue weighted by Gasteiger charge is -2.11. The van der Waals surface area contributed by atoms with Crippen molar-refractivity contribution in [3.8, 4) is 0 Å². The standard InChI is InChI=1S/C13H16N2O4S2/c16-11(15-13(19)14-8-3-1-2-4-8)7-20-9-5-10(12(17)18)21-6-9/h5-6,8H,1-4,7H2,(H,17,18)(H2,14,15,16,19). The smallest absolute Gasteiger partial charge is 0.345 e. The Bertz CT molecular complexity index is 538. The first-order valence-electron chi connectivity index (χ1n) is 6.59. The molecule has 2 rings (SSSR count). The quantitative estimate of drug-likeness (QED) is 0.721. The van der Waals surface area contributed by atoms with E-state index in [9.17, 15) is 14.4 Å². The Balaban J connectivity index is 1.71. The minimum absolute atomic E-state index is 0.0773. The molecule has 1 heterocycles. The first-order chi connectivity index (χ1) is 10.0. The second-order valence-corrected chi connectivity index (χ2v) is 6.70. The number of carboxylic acids is 1. The summed E-state index contributed by atoms with van der Waals surface area (Å²) in [6.07, 6.45) is 4.14. The molecule has 1 aromatic rings. The molecule has 8 heteroatoms. The van der Waals surface area contributed by atoms with Crippen molar-refractivity contribution < 1.29 is 19.5 Å². The van der Waals surface area contributed by atoms with Crippen molar-refractivity contribution in [3.63, 3.8) is 0 Å². The van der Waals surface area contributed by atoms with E-state index in [1.807, 2.05) is 0 Å². The lowest BCUT2D eigenvalue weighted by Crippen LogP contribution is -2.44. The number of thioether (sulfide) groups is 1. The van der Waals surface area contributed by atoms with Crippen LogP contribution in [0.2, 0.25) is 0 Å². The van der Waals surface area contributed by atoms with Gasteiger partial charge in [-0.2, -0.15) is 0 Å². The zero-order valence-corrected chi connectivity index (χ0v) is 12.9. The number of urea groups is 1. The van der Waals surface area contributed by atoms with Crippen molar-refractivity contribution in [2.24, 2.45) is 0 Å². The molecule has 0 spiro atoms. The number of carboxylic acid groups (broad SMARTS) is 1. The molecule has 0 aliphatic heterocycles. The van der Waals surface area contributed by atoms with Crippen LogP contribution in [0.25, 0.3) is 0 Å². The molecule has 0 radical (unpaired) electrons. The van der Waals surface area contributed by atoms with Crippen LogP contribution < -0.4 is 10.6 Å². The second kappa shape index (κ2) is 7.46. The highest BCUT2D eigenvalue weighted by molar-refractivity contribution is 8.00. The van der Waals surface area contributed by atoms with E-state index in [0.717, 1.165) is 37.0 Å². The Morgan fingerprint density at radius 2 is 2.05 bits per heavy atom. The van der Waals surface area contributed by atoms with Crippen LogP contribution in [0.1, 0.15) is 35.4 Å². The van der Waals surface area contributed by atoms with Crippen LogP contribution in [0.4, 0.5) is 4.79 Å². The van der Waals surface area contributed by atoms with E-state index in [-0.39, 0.29) is 16.7 Å². The number of hydrogen-bond donors (Lipinski definition) is 3. The van der Waals surface area contributed by atoms with Gasteiger partial charge < -0.3 is 10.4 Å². The number of imide groups is 1. The van der Waals surface area contributed by atoms with Crippen molar-refractivity contribution in [2.75, 3.05) is 5.75 Å². The molecule has 114 valence electrons. The van der Waals surface area contributed by atoms with Crippen LogP contribution in [0.5, 0.6) is 0 Å². The van der Waals surface area contributed by atoms with Gasteiger partial charge >= 0.3 is 12.0 Å². The van der Waals surface area contributed by atoms with E-state index in [2.05, 4.69) is 10.6 Å². The summed E-state index contributed by atoms with van der Waals surface area (Å²) >= 11 is 2.32. The minimum atomic E-state index is -0.979. The molecule has 3 amide bonds. The van der Waals surface area contributed by atoms with Crippen molar-refractivity contribution >= 4 is 41.0 Å². The number of aromatic carboxylic acids is 1. The van der Waals surface area contributed by atoms with Gasteiger partial charge in [-0.15, -0.1) is 23.1 Å². The molecule has 1 aliphatic carbocycles. The van der Waals surface area contributed by atoms with Crippen LogP contribution in [-0.2, 0) is 4.79 Å². The number of nitrogens with one attached hydrogen (secondary N) is 2. The van der Waals surface area contributed by atoms with Gasteiger partial charge in [0, 0.05) is 16.3 Å². The van der Waals surface area contributed by atoms with E-state index in [4.69, 9.17) is 5.11 Å². The fourth-order valence-electron chi connectivity index (χ4n) is 2.11. The van der Waals surface area contributed by atoms with Crippen LogP contribution in [0.3, 0.4) is 0 Å². The Labute approximate surface area is 130 Å². The molecular weight excluding hydrogens is 312 g/mol. The Hall–Kier alpha value is -1.54. The third kappa shape index (κ3) is 5.05. The lowest BCUT2D eigenvalue weighted by atomic mass is 10.2. The topological polar surface area (TPSA) is 95.5 Å². The zero-order chi connectivity index (χ0) is 15.2. The van der Waals surface area contributed by atoms with Crippen molar-refractivity contribution in [1.29, 1.82) is 0 Å². The molecule has 0 bridgehead atoms. The molecular formula is C13H16N2O4S2. The van der Waals surface area contributed by atoms with Gasteiger partial charge in [-0.25, -0.2) is 9.59 Å². The number of amides is 3. The average molecular weight is 328 g/mol. The lowest BCUT2D eigenvalue weighted by molar-refractivity contribution is -0.117. The number of rotatable bonds is 5. The van der Waals surface area contributed by atoms with Crippen LogP contribution in [0.15, 0.2) is 16.3 Å². The first kappa shape index (κ1) is 15.8. The molecule has 1 aliphatic rings. The number of thiophene rings is 1. The van der Waals surface area contributed by atoms with Gasteiger partial charge in [0.25, 0.3) is 0 Å².